The number of aromatic nitrogens is 1. The highest BCUT2D eigenvalue weighted by Crippen LogP contribution is 2.22. The van der Waals surface area contributed by atoms with Gasteiger partial charge in [0.05, 0.1) is 0 Å². The monoisotopic (exact) mass is 252 g/mol. The first-order valence-corrected chi connectivity index (χ1v) is 6.11. The van der Waals surface area contributed by atoms with Crippen LogP contribution in [-0.2, 0) is 4.74 Å². The van der Waals surface area contributed by atoms with Crippen LogP contribution in [0.1, 0.15) is 27.7 Å². The predicted octanol–water partition coefficient (Wildman–Crippen LogP) is 2.91. The third-order valence-corrected chi connectivity index (χ3v) is 2.61. The van der Waals surface area contributed by atoms with Gasteiger partial charge in [0.25, 0.3) is 0 Å². The molecule has 4 nitrogen and oxygen atoms in total. The minimum Gasteiger partial charge on any atom is -0.443 e. The third-order valence-electron chi connectivity index (χ3n) is 1.84. The van der Waals surface area contributed by atoms with Gasteiger partial charge in [-0.2, -0.15) is 0 Å². The largest absolute Gasteiger partial charge is 0.443 e. The van der Waals surface area contributed by atoms with Crippen LogP contribution in [0.2, 0.25) is 0 Å². The molecule has 0 N–H and O–H groups in total. The molecule has 1 rings (SSSR count). The number of nitrogens with zero attached hydrogens (tertiary/aromatic N) is 2. The quantitative estimate of drug-likeness (QED) is 0.760. The van der Waals surface area contributed by atoms with Crippen molar-refractivity contribution in [3.63, 3.8) is 0 Å². The number of carbonyl (C=O) groups excluding carboxylic acids is 1. The van der Waals surface area contributed by atoms with E-state index in [4.69, 9.17) is 11.2 Å². The molecule has 1 aromatic heterocycles. The van der Waals surface area contributed by atoms with Gasteiger partial charge in [-0.3, -0.25) is 0 Å². The summed E-state index contributed by atoms with van der Waals surface area (Å²) in [6.45, 7) is 7.19. The van der Waals surface area contributed by atoms with Crippen molar-refractivity contribution in [2.45, 2.75) is 39.3 Å². The van der Waals surface area contributed by atoms with E-state index < -0.39 is 17.7 Å². The normalized spacial score (nSPS) is 12.6. The fraction of sp³-hybridized carbons (Fsp3) is 0.500. The number of amides is 1. The molecule has 1 amide bonds. The number of hydrogen-bond donors (Lipinski definition) is 0. The van der Waals surface area contributed by atoms with E-state index in [0.717, 1.165) is 0 Å². The maximum Gasteiger partial charge on any atom is 0.417 e. The molecule has 0 spiro atoms. The van der Waals surface area contributed by atoms with Crippen molar-refractivity contribution >= 4 is 22.6 Å². The minimum atomic E-state index is -0.555. The Balaban J connectivity index is 2.93. The lowest BCUT2D eigenvalue weighted by Gasteiger charge is -2.27. The summed E-state index contributed by atoms with van der Waals surface area (Å²) in [6, 6.07) is -0.393. The highest BCUT2D eigenvalue weighted by molar-refractivity contribution is 7.13. The fourth-order valence-corrected chi connectivity index (χ4v) is 1.83. The van der Waals surface area contributed by atoms with Crippen molar-refractivity contribution in [2.75, 3.05) is 4.90 Å². The molecule has 0 radical (unpaired) electrons. The second kappa shape index (κ2) is 5.19. The lowest BCUT2D eigenvalue weighted by molar-refractivity contribution is 0.0575. The minimum absolute atomic E-state index is 0.393. The third kappa shape index (κ3) is 3.75. The standard InChI is InChI=1S/C12H16N2O2S/c1-6-9(2)14(10-13-7-8-17-10)11(15)16-12(3,4)5/h1,7-9H,2-5H3. The molecule has 5 heteroatoms. The van der Waals surface area contributed by atoms with Gasteiger partial charge in [0.15, 0.2) is 5.13 Å². The van der Waals surface area contributed by atoms with Crippen molar-refractivity contribution in [2.24, 2.45) is 0 Å². The molecule has 0 aliphatic rings. The summed E-state index contributed by atoms with van der Waals surface area (Å²) in [5, 5.41) is 2.33. The van der Waals surface area contributed by atoms with Gasteiger partial charge in [0.2, 0.25) is 0 Å². The van der Waals surface area contributed by atoms with Crippen molar-refractivity contribution in [1.29, 1.82) is 0 Å². The van der Waals surface area contributed by atoms with Crippen molar-refractivity contribution in [3.8, 4) is 12.3 Å². The van der Waals surface area contributed by atoms with E-state index in [1.54, 1.807) is 18.5 Å². The number of terminal acetylenes is 1. The van der Waals surface area contributed by atoms with Gasteiger partial charge >= 0.3 is 6.09 Å². The van der Waals surface area contributed by atoms with Crippen molar-refractivity contribution in [3.05, 3.63) is 11.6 Å². The van der Waals surface area contributed by atoms with Gasteiger partial charge in [0, 0.05) is 11.6 Å². The van der Waals surface area contributed by atoms with Crippen LogP contribution in [0, 0.1) is 12.3 Å². The Labute approximate surface area is 106 Å². The number of rotatable bonds is 2. The first kappa shape index (κ1) is 13.5. The van der Waals surface area contributed by atoms with Crippen LogP contribution in [0.4, 0.5) is 9.93 Å². The average molecular weight is 252 g/mol. The van der Waals surface area contributed by atoms with Gasteiger partial charge in [-0.15, -0.1) is 17.8 Å². The summed E-state index contributed by atoms with van der Waals surface area (Å²) in [7, 11) is 0. The van der Waals surface area contributed by atoms with E-state index >= 15 is 0 Å². The zero-order chi connectivity index (χ0) is 13.1. The first-order valence-electron chi connectivity index (χ1n) is 5.23. The molecule has 0 fully saturated rings. The summed E-state index contributed by atoms with van der Waals surface area (Å²) >= 11 is 1.35. The number of thiazole rings is 1. The highest BCUT2D eigenvalue weighted by atomic mass is 32.1. The van der Waals surface area contributed by atoms with Gasteiger partial charge < -0.3 is 4.74 Å². The van der Waals surface area contributed by atoms with Crippen LogP contribution >= 0.6 is 11.3 Å². The summed E-state index contributed by atoms with van der Waals surface area (Å²) < 4.78 is 5.30. The van der Waals surface area contributed by atoms with E-state index in [0.29, 0.717) is 5.13 Å². The molecule has 0 saturated carbocycles. The molecule has 0 aromatic carbocycles. The molecule has 0 saturated heterocycles. The fourth-order valence-electron chi connectivity index (χ4n) is 1.12. The zero-order valence-corrected chi connectivity index (χ0v) is 11.2. The summed E-state index contributed by atoms with van der Waals surface area (Å²) in [5.74, 6) is 2.51. The maximum atomic E-state index is 12.0. The second-order valence-corrected chi connectivity index (χ2v) is 5.38. The Morgan fingerprint density at radius 3 is 2.71 bits per heavy atom. The Morgan fingerprint density at radius 2 is 2.29 bits per heavy atom. The Bertz CT molecular complexity index is 415. The molecular weight excluding hydrogens is 236 g/mol. The molecule has 0 aliphatic carbocycles. The molecular formula is C12H16N2O2S. The molecule has 1 aromatic rings. The summed E-state index contributed by atoms with van der Waals surface area (Å²) in [6.07, 6.45) is 6.51. The Morgan fingerprint density at radius 1 is 1.65 bits per heavy atom. The molecule has 1 unspecified atom stereocenters. The number of anilines is 1. The molecule has 0 bridgehead atoms. The summed E-state index contributed by atoms with van der Waals surface area (Å²) in [5.41, 5.74) is -0.555. The van der Waals surface area contributed by atoms with Gasteiger partial charge in [-0.25, -0.2) is 14.7 Å². The zero-order valence-electron chi connectivity index (χ0n) is 10.4. The first-order chi connectivity index (χ1) is 7.85. The van der Waals surface area contributed by atoms with Crippen LogP contribution < -0.4 is 4.90 Å². The van der Waals surface area contributed by atoms with E-state index in [9.17, 15) is 4.79 Å². The molecule has 17 heavy (non-hydrogen) atoms. The molecule has 92 valence electrons. The van der Waals surface area contributed by atoms with Crippen LogP contribution in [0.25, 0.3) is 0 Å². The van der Waals surface area contributed by atoms with E-state index in [-0.39, 0.29) is 0 Å². The highest BCUT2D eigenvalue weighted by Gasteiger charge is 2.28. The number of carbonyl (C=O) groups is 1. The molecule has 0 aliphatic heterocycles. The van der Waals surface area contributed by atoms with Crippen molar-refractivity contribution in [1.82, 2.24) is 4.98 Å². The van der Waals surface area contributed by atoms with Crippen LogP contribution in [0.5, 0.6) is 0 Å². The predicted molar refractivity (Wildman–Crippen MR) is 69.1 cm³/mol. The SMILES string of the molecule is C#CC(C)N(C(=O)OC(C)(C)C)c1nccs1. The lowest BCUT2D eigenvalue weighted by Crippen LogP contribution is -2.41. The topological polar surface area (TPSA) is 42.4 Å². The van der Waals surface area contributed by atoms with Crippen molar-refractivity contribution < 1.29 is 9.53 Å². The summed E-state index contributed by atoms with van der Waals surface area (Å²) in [4.78, 5) is 17.5. The van der Waals surface area contributed by atoms with E-state index in [1.165, 1.54) is 16.2 Å². The number of hydrogen-bond acceptors (Lipinski definition) is 4. The van der Waals surface area contributed by atoms with Crippen LogP contribution in [0.3, 0.4) is 0 Å². The van der Waals surface area contributed by atoms with Crippen LogP contribution in [-0.4, -0.2) is 22.7 Å². The van der Waals surface area contributed by atoms with Gasteiger partial charge in [0.1, 0.15) is 11.6 Å². The van der Waals surface area contributed by atoms with Crippen LogP contribution in [0.15, 0.2) is 11.6 Å². The molecule has 1 heterocycles. The second-order valence-electron chi connectivity index (χ2n) is 4.51. The molecule has 1 atom stereocenters. The van der Waals surface area contributed by atoms with E-state index in [2.05, 4.69) is 10.9 Å². The van der Waals surface area contributed by atoms with E-state index in [1.807, 2.05) is 20.8 Å². The Kier molecular flexibility index (Phi) is 4.13. The lowest BCUT2D eigenvalue weighted by atomic mass is 10.2. The maximum absolute atomic E-state index is 12.0. The number of ether oxygens (including phenoxy) is 1. The smallest absolute Gasteiger partial charge is 0.417 e. The van der Waals surface area contributed by atoms with Gasteiger partial charge in [-0.05, 0) is 27.7 Å². The Hall–Kier alpha value is -1.54. The average Bonchev–Trinajstić information content (AvgIpc) is 2.68. The van der Waals surface area contributed by atoms with Gasteiger partial charge in [-0.1, -0.05) is 5.92 Å².